The van der Waals surface area contributed by atoms with E-state index in [1.807, 2.05) is 60.1 Å². The molecule has 6 nitrogen and oxygen atoms in total. The summed E-state index contributed by atoms with van der Waals surface area (Å²) in [6.07, 6.45) is 5.57. The van der Waals surface area contributed by atoms with Crippen LogP contribution in [-0.4, -0.2) is 19.5 Å². The molecule has 0 saturated carbocycles. The highest BCUT2D eigenvalue weighted by Crippen LogP contribution is 2.35. The van der Waals surface area contributed by atoms with Gasteiger partial charge in [-0.25, -0.2) is 4.98 Å². The van der Waals surface area contributed by atoms with E-state index in [1.165, 1.54) is 0 Å². The van der Waals surface area contributed by atoms with E-state index in [0.717, 1.165) is 33.3 Å². The lowest BCUT2D eigenvalue weighted by atomic mass is 9.83. The lowest BCUT2D eigenvalue weighted by Gasteiger charge is -2.30. The Morgan fingerprint density at radius 1 is 1.03 bits per heavy atom. The molecule has 1 atom stereocenters. The minimum Gasteiger partial charge on any atom is -0.335 e. The monoisotopic (exact) mass is 489 g/mol. The molecule has 3 heterocycles. The molecule has 3 N–H and O–H groups in total. The highest BCUT2D eigenvalue weighted by molar-refractivity contribution is 6.30. The van der Waals surface area contributed by atoms with Gasteiger partial charge in [0, 0.05) is 35.2 Å². The van der Waals surface area contributed by atoms with E-state index in [1.54, 1.807) is 30.9 Å². The number of benzene rings is 2. The molecule has 2 aromatic carbocycles. The fourth-order valence-corrected chi connectivity index (χ4v) is 4.68. The summed E-state index contributed by atoms with van der Waals surface area (Å²) in [5, 5.41) is 2.07. The van der Waals surface area contributed by atoms with Crippen LogP contribution in [0.1, 0.15) is 28.1 Å². The van der Waals surface area contributed by atoms with Gasteiger partial charge in [0.1, 0.15) is 5.54 Å². The number of H-pyrrole nitrogens is 1. The summed E-state index contributed by atoms with van der Waals surface area (Å²) in [5.74, 6) is 0. The van der Waals surface area contributed by atoms with Crippen LogP contribution in [0.3, 0.4) is 0 Å². The highest BCUT2D eigenvalue weighted by atomic mass is 35.5. The Hall–Kier alpha value is -3.45. The number of rotatable bonds is 5. The molecule has 0 radical (unpaired) electrons. The highest BCUT2D eigenvalue weighted by Gasteiger charge is 2.36. The zero-order valence-electron chi connectivity index (χ0n) is 18.3. The molecule has 34 heavy (non-hydrogen) atoms. The third-order valence-electron chi connectivity index (χ3n) is 6.02. The van der Waals surface area contributed by atoms with Crippen LogP contribution in [0.25, 0.3) is 10.9 Å². The summed E-state index contributed by atoms with van der Waals surface area (Å²) in [4.78, 5) is 24.1. The van der Waals surface area contributed by atoms with Crippen molar-refractivity contribution in [1.82, 2.24) is 19.5 Å². The first-order valence-electron chi connectivity index (χ1n) is 10.6. The molecule has 170 valence electrons. The van der Waals surface area contributed by atoms with Crippen LogP contribution in [0.15, 0.2) is 84.2 Å². The van der Waals surface area contributed by atoms with Gasteiger partial charge in [0.2, 0.25) is 5.56 Å². The molecule has 0 spiro atoms. The van der Waals surface area contributed by atoms with Gasteiger partial charge in [-0.3, -0.25) is 9.78 Å². The predicted octanol–water partition coefficient (Wildman–Crippen LogP) is 4.80. The maximum atomic E-state index is 12.4. The van der Waals surface area contributed by atoms with Crippen molar-refractivity contribution in [3.8, 4) is 0 Å². The number of hydrogen-bond donors (Lipinski definition) is 2. The van der Waals surface area contributed by atoms with Crippen LogP contribution >= 0.6 is 23.2 Å². The van der Waals surface area contributed by atoms with Gasteiger partial charge in [0.05, 0.1) is 28.9 Å². The Bertz CT molecular complexity index is 1560. The van der Waals surface area contributed by atoms with Crippen molar-refractivity contribution < 1.29 is 0 Å². The lowest BCUT2D eigenvalue weighted by Crippen LogP contribution is -2.41. The molecular formula is C26H21Cl2N5O. The molecule has 0 saturated heterocycles. The molecule has 0 aliphatic carbocycles. The Morgan fingerprint density at radius 2 is 1.88 bits per heavy atom. The summed E-state index contributed by atoms with van der Waals surface area (Å²) in [6.45, 7) is 0. The number of pyridine rings is 2. The maximum Gasteiger partial charge on any atom is 0.248 e. The van der Waals surface area contributed by atoms with Gasteiger partial charge in [-0.05, 0) is 59.5 Å². The van der Waals surface area contributed by atoms with Gasteiger partial charge >= 0.3 is 0 Å². The standard InChI is InChI=1S/C26H21Cl2N5O/c1-33-15-30-14-24(33)26(29,23-8-6-20(28)13-31-23)18-5-7-22-21(12-18)17(11-25(34)32-22)9-16-3-2-4-19(27)10-16/h2-8,10-15H,9,29H2,1H3,(H,32,34). The Balaban J connectivity index is 1.73. The fourth-order valence-electron chi connectivity index (χ4n) is 4.36. The number of nitrogens with one attached hydrogen (secondary N) is 1. The van der Waals surface area contributed by atoms with Gasteiger partial charge in [-0.15, -0.1) is 0 Å². The van der Waals surface area contributed by atoms with E-state index in [0.29, 0.717) is 22.2 Å². The number of aromatic amines is 1. The van der Waals surface area contributed by atoms with Gasteiger partial charge < -0.3 is 15.3 Å². The normalized spacial score (nSPS) is 13.2. The van der Waals surface area contributed by atoms with Crippen molar-refractivity contribution in [2.75, 3.05) is 0 Å². The van der Waals surface area contributed by atoms with Crippen LogP contribution in [-0.2, 0) is 19.0 Å². The third-order valence-corrected chi connectivity index (χ3v) is 6.48. The predicted molar refractivity (Wildman–Crippen MR) is 135 cm³/mol. The van der Waals surface area contributed by atoms with E-state index in [2.05, 4.69) is 15.0 Å². The first kappa shape index (κ1) is 22.3. The van der Waals surface area contributed by atoms with Crippen molar-refractivity contribution >= 4 is 34.1 Å². The van der Waals surface area contributed by atoms with Crippen LogP contribution in [0.4, 0.5) is 0 Å². The quantitative estimate of drug-likeness (QED) is 0.370. The zero-order valence-corrected chi connectivity index (χ0v) is 19.8. The summed E-state index contributed by atoms with van der Waals surface area (Å²) in [7, 11) is 1.89. The minimum absolute atomic E-state index is 0.165. The summed E-state index contributed by atoms with van der Waals surface area (Å²) >= 11 is 12.3. The van der Waals surface area contributed by atoms with Crippen LogP contribution in [0.5, 0.6) is 0 Å². The van der Waals surface area contributed by atoms with E-state index < -0.39 is 5.54 Å². The second-order valence-electron chi connectivity index (χ2n) is 8.29. The van der Waals surface area contributed by atoms with Gasteiger partial charge in [-0.1, -0.05) is 41.4 Å². The largest absolute Gasteiger partial charge is 0.335 e. The number of nitrogens with zero attached hydrogens (tertiary/aromatic N) is 3. The molecule has 0 fully saturated rings. The smallest absolute Gasteiger partial charge is 0.248 e. The molecule has 5 aromatic rings. The summed E-state index contributed by atoms with van der Waals surface area (Å²) < 4.78 is 1.88. The van der Waals surface area contributed by atoms with Crippen molar-refractivity contribution in [3.05, 3.63) is 128 Å². The van der Waals surface area contributed by atoms with Crippen LogP contribution in [0, 0.1) is 0 Å². The van der Waals surface area contributed by atoms with Gasteiger partial charge in [0.25, 0.3) is 0 Å². The molecule has 8 heteroatoms. The molecule has 0 aliphatic rings. The van der Waals surface area contributed by atoms with Crippen molar-refractivity contribution in [2.24, 2.45) is 12.8 Å². The van der Waals surface area contributed by atoms with E-state index in [-0.39, 0.29) is 5.56 Å². The first-order chi connectivity index (χ1) is 16.3. The average molecular weight is 490 g/mol. The Morgan fingerprint density at radius 3 is 2.59 bits per heavy atom. The van der Waals surface area contributed by atoms with E-state index in [9.17, 15) is 4.79 Å². The van der Waals surface area contributed by atoms with E-state index in [4.69, 9.17) is 28.9 Å². The number of imidazole rings is 1. The van der Waals surface area contributed by atoms with Crippen LogP contribution in [0.2, 0.25) is 10.0 Å². The van der Waals surface area contributed by atoms with Crippen molar-refractivity contribution in [1.29, 1.82) is 0 Å². The molecule has 0 bridgehead atoms. The molecule has 3 aromatic heterocycles. The minimum atomic E-state index is -1.10. The molecule has 1 unspecified atom stereocenters. The van der Waals surface area contributed by atoms with Crippen LogP contribution < -0.4 is 11.3 Å². The topological polar surface area (TPSA) is 89.6 Å². The number of aromatic nitrogens is 4. The average Bonchev–Trinajstić information content (AvgIpc) is 3.25. The number of halogens is 2. The second kappa shape index (κ2) is 8.72. The van der Waals surface area contributed by atoms with E-state index >= 15 is 0 Å². The zero-order chi connectivity index (χ0) is 23.9. The Labute approximate surface area is 206 Å². The number of fused-ring (bicyclic) bond motifs is 1. The van der Waals surface area contributed by atoms with Gasteiger partial charge in [0.15, 0.2) is 0 Å². The molecule has 0 amide bonds. The third kappa shape index (κ3) is 4.01. The maximum absolute atomic E-state index is 12.4. The first-order valence-corrected chi connectivity index (χ1v) is 11.4. The molecular weight excluding hydrogens is 469 g/mol. The summed E-state index contributed by atoms with van der Waals surface area (Å²) in [6, 6.07) is 18.6. The van der Waals surface area contributed by atoms with Gasteiger partial charge in [-0.2, -0.15) is 0 Å². The summed E-state index contributed by atoms with van der Waals surface area (Å²) in [5.41, 5.74) is 10.7. The molecule has 0 aliphatic heterocycles. The Kier molecular flexibility index (Phi) is 5.73. The number of aryl methyl sites for hydroxylation is 1. The lowest BCUT2D eigenvalue weighted by molar-refractivity contribution is 0.579. The SMILES string of the molecule is Cn1cncc1C(N)(c1ccc2[nH]c(=O)cc(Cc3cccc(Cl)c3)c2c1)c1ccc(Cl)cn1. The number of hydrogen-bond acceptors (Lipinski definition) is 4. The van der Waals surface area contributed by atoms with Crippen molar-refractivity contribution in [3.63, 3.8) is 0 Å². The second-order valence-corrected chi connectivity index (χ2v) is 9.16. The molecule has 5 rings (SSSR count). The fraction of sp³-hybridized carbons (Fsp3) is 0.115. The van der Waals surface area contributed by atoms with Crippen molar-refractivity contribution in [2.45, 2.75) is 12.0 Å². The number of nitrogens with two attached hydrogens (primary N) is 1.